The second-order valence-electron chi connectivity index (χ2n) is 3.97. The molecule has 0 fully saturated rings. The van der Waals surface area contributed by atoms with Crippen molar-refractivity contribution in [1.29, 1.82) is 0 Å². The molecule has 0 aliphatic rings. The summed E-state index contributed by atoms with van der Waals surface area (Å²) in [6.07, 6.45) is 2.98. The second kappa shape index (κ2) is 8.89. The van der Waals surface area contributed by atoms with Crippen LogP contribution >= 0.6 is 0 Å². The van der Waals surface area contributed by atoms with E-state index >= 15 is 0 Å². The normalized spacial score (nSPS) is 10.5. The van der Waals surface area contributed by atoms with Crippen LogP contribution in [0.2, 0.25) is 0 Å². The van der Waals surface area contributed by atoms with Crippen LogP contribution in [0.4, 0.5) is 0 Å². The van der Waals surface area contributed by atoms with E-state index < -0.39 is 5.97 Å². The third kappa shape index (κ3) is 4.70. The molecule has 0 aromatic heterocycles. The van der Waals surface area contributed by atoms with Crippen LogP contribution in [0.1, 0.15) is 26.3 Å². The van der Waals surface area contributed by atoms with Gasteiger partial charge in [-0.1, -0.05) is 0 Å². The predicted molar refractivity (Wildman–Crippen MR) is 81.0 cm³/mol. The molecule has 0 radical (unpaired) electrons. The minimum atomic E-state index is -0.427. The molecule has 1 aromatic rings. The van der Waals surface area contributed by atoms with Crippen molar-refractivity contribution in [2.75, 3.05) is 26.9 Å². The van der Waals surface area contributed by atoms with Crippen LogP contribution in [-0.4, -0.2) is 32.9 Å². The average Bonchev–Trinajstić information content (AvgIpc) is 2.49. The Bertz CT molecular complexity index is 494. The van der Waals surface area contributed by atoms with Crippen molar-refractivity contribution < 1.29 is 23.7 Å². The first-order chi connectivity index (χ1) is 10.2. The fourth-order valence-electron chi connectivity index (χ4n) is 1.76. The Balaban J connectivity index is 3.26. The van der Waals surface area contributed by atoms with Crippen LogP contribution in [0.25, 0.3) is 6.08 Å². The monoisotopic (exact) mass is 294 g/mol. The number of carbonyl (C=O) groups is 1. The summed E-state index contributed by atoms with van der Waals surface area (Å²) < 4.78 is 21.5. The molecule has 5 nitrogen and oxygen atoms in total. The molecule has 5 heteroatoms. The molecule has 0 amide bonds. The van der Waals surface area contributed by atoms with Crippen LogP contribution < -0.4 is 14.2 Å². The summed E-state index contributed by atoms with van der Waals surface area (Å²) in [5, 5.41) is 0. The van der Waals surface area contributed by atoms with Gasteiger partial charge in [0.1, 0.15) is 0 Å². The minimum Gasteiger partial charge on any atom is -0.490 e. The molecule has 0 aliphatic carbocycles. The summed E-state index contributed by atoms with van der Waals surface area (Å²) in [5.74, 6) is 1.31. The fraction of sp³-hybridized carbons (Fsp3) is 0.438. The zero-order chi connectivity index (χ0) is 15.7. The highest BCUT2D eigenvalue weighted by molar-refractivity contribution is 5.88. The van der Waals surface area contributed by atoms with Gasteiger partial charge in [0.05, 0.1) is 26.9 Å². The Morgan fingerprint density at radius 3 is 2.19 bits per heavy atom. The maximum atomic E-state index is 11.2. The summed E-state index contributed by atoms with van der Waals surface area (Å²) >= 11 is 0. The van der Waals surface area contributed by atoms with E-state index in [1.807, 2.05) is 26.8 Å². The quantitative estimate of drug-likeness (QED) is 0.545. The van der Waals surface area contributed by atoms with Gasteiger partial charge in [-0.05, 0) is 39.0 Å². The van der Waals surface area contributed by atoms with E-state index in [1.165, 1.54) is 13.2 Å². The van der Waals surface area contributed by atoms with Gasteiger partial charge in [0.15, 0.2) is 11.5 Å². The van der Waals surface area contributed by atoms with Crippen LogP contribution in [0.5, 0.6) is 17.2 Å². The van der Waals surface area contributed by atoms with E-state index in [2.05, 4.69) is 4.74 Å². The van der Waals surface area contributed by atoms with Crippen molar-refractivity contribution in [3.05, 3.63) is 23.8 Å². The molecule has 0 spiro atoms. The van der Waals surface area contributed by atoms with Crippen LogP contribution in [0.3, 0.4) is 0 Å². The molecule has 0 bridgehead atoms. The van der Waals surface area contributed by atoms with Crippen LogP contribution in [0, 0.1) is 0 Å². The maximum absolute atomic E-state index is 11.2. The lowest BCUT2D eigenvalue weighted by atomic mass is 10.1. The molecule has 116 valence electrons. The lowest BCUT2D eigenvalue weighted by Gasteiger charge is -2.17. The highest BCUT2D eigenvalue weighted by Gasteiger charge is 2.16. The Hall–Kier alpha value is -2.17. The topological polar surface area (TPSA) is 54.0 Å². The van der Waals surface area contributed by atoms with Crippen molar-refractivity contribution in [3.63, 3.8) is 0 Å². The molecule has 1 rings (SSSR count). The van der Waals surface area contributed by atoms with Crippen molar-refractivity contribution in [3.8, 4) is 17.2 Å². The van der Waals surface area contributed by atoms with Gasteiger partial charge >= 0.3 is 5.97 Å². The number of carbonyl (C=O) groups excluding carboxylic acids is 1. The summed E-state index contributed by atoms with van der Waals surface area (Å²) in [7, 11) is 1.33. The van der Waals surface area contributed by atoms with Gasteiger partial charge in [-0.25, -0.2) is 4.79 Å². The summed E-state index contributed by atoms with van der Waals surface area (Å²) in [6, 6.07) is 3.62. The highest BCUT2D eigenvalue weighted by Crippen LogP contribution is 2.41. The third-order valence-electron chi connectivity index (χ3n) is 2.58. The fourth-order valence-corrected chi connectivity index (χ4v) is 1.76. The third-order valence-corrected chi connectivity index (χ3v) is 2.58. The first-order valence-corrected chi connectivity index (χ1v) is 6.99. The molecule has 21 heavy (non-hydrogen) atoms. The molecule has 1 aromatic carbocycles. The van der Waals surface area contributed by atoms with Crippen molar-refractivity contribution in [1.82, 2.24) is 0 Å². The number of methoxy groups -OCH3 is 1. The summed E-state index contributed by atoms with van der Waals surface area (Å²) in [4.78, 5) is 11.2. The number of hydrogen-bond donors (Lipinski definition) is 0. The van der Waals surface area contributed by atoms with E-state index in [4.69, 9.17) is 14.2 Å². The highest BCUT2D eigenvalue weighted by atomic mass is 16.5. The molecular weight excluding hydrogens is 272 g/mol. The minimum absolute atomic E-state index is 0.427. The van der Waals surface area contributed by atoms with E-state index in [0.29, 0.717) is 37.1 Å². The summed E-state index contributed by atoms with van der Waals surface area (Å²) in [5.41, 5.74) is 0.731. The number of rotatable bonds is 8. The predicted octanol–water partition coefficient (Wildman–Crippen LogP) is 3.07. The summed E-state index contributed by atoms with van der Waals surface area (Å²) in [6.45, 7) is 7.18. The van der Waals surface area contributed by atoms with Gasteiger partial charge < -0.3 is 18.9 Å². The maximum Gasteiger partial charge on any atom is 0.330 e. The molecule has 0 unspecified atom stereocenters. The van der Waals surface area contributed by atoms with E-state index in [9.17, 15) is 4.79 Å². The lowest BCUT2D eigenvalue weighted by molar-refractivity contribution is -0.134. The largest absolute Gasteiger partial charge is 0.490 e. The number of ether oxygens (including phenoxy) is 4. The van der Waals surface area contributed by atoms with Crippen molar-refractivity contribution >= 4 is 12.0 Å². The Morgan fingerprint density at radius 2 is 1.62 bits per heavy atom. The SMILES string of the molecule is CCOc1ccc(C=CC(=O)OC)c(OCC)c1OCC. The van der Waals surface area contributed by atoms with Gasteiger partial charge in [-0.15, -0.1) is 0 Å². The Kier molecular flexibility index (Phi) is 7.15. The molecule has 0 atom stereocenters. The number of esters is 1. The van der Waals surface area contributed by atoms with E-state index in [0.717, 1.165) is 5.56 Å². The van der Waals surface area contributed by atoms with E-state index in [-0.39, 0.29) is 0 Å². The molecule has 0 aliphatic heterocycles. The zero-order valence-electron chi connectivity index (χ0n) is 13.0. The van der Waals surface area contributed by atoms with Gasteiger partial charge in [-0.2, -0.15) is 0 Å². The van der Waals surface area contributed by atoms with Crippen LogP contribution in [-0.2, 0) is 9.53 Å². The first kappa shape index (κ1) is 16.9. The smallest absolute Gasteiger partial charge is 0.330 e. The van der Waals surface area contributed by atoms with Gasteiger partial charge in [-0.3, -0.25) is 0 Å². The zero-order valence-corrected chi connectivity index (χ0v) is 13.0. The molecule has 0 saturated carbocycles. The molecule has 0 heterocycles. The van der Waals surface area contributed by atoms with Gasteiger partial charge in [0.25, 0.3) is 0 Å². The molecular formula is C16H22O5. The van der Waals surface area contributed by atoms with Crippen molar-refractivity contribution in [2.45, 2.75) is 20.8 Å². The first-order valence-electron chi connectivity index (χ1n) is 6.99. The number of hydrogen-bond acceptors (Lipinski definition) is 5. The Morgan fingerprint density at radius 1 is 1.00 bits per heavy atom. The van der Waals surface area contributed by atoms with Crippen LogP contribution in [0.15, 0.2) is 18.2 Å². The average molecular weight is 294 g/mol. The molecule has 0 N–H and O–H groups in total. The second-order valence-corrected chi connectivity index (χ2v) is 3.97. The Labute approximate surface area is 125 Å². The van der Waals surface area contributed by atoms with E-state index in [1.54, 1.807) is 12.1 Å². The molecule has 0 saturated heterocycles. The van der Waals surface area contributed by atoms with Gasteiger partial charge in [0, 0.05) is 11.6 Å². The van der Waals surface area contributed by atoms with Gasteiger partial charge in [0.2, 0.25) is 5.75 Å². The number of benzene rings is 1. The lowest BCUT2D eigenvalue weighted by Crippen LogP contribution is -2.04. The van der Waals surface area contributed by atoms with Crippen molar-refractivity contribution in [2.24, 2.45) is 0 Å². The standard InChI is InChI=1S/C16H22O5/c1-5-19-13-10-8-12(9-11-14(17)18-4)15(20-6-2)16(13)21-7-3/h8-11H,5-7H2,1-4H3.